The highest BCUT2D eigenvalue weighted by Gasteiger charge is 2.31. The summed E-state index contributed by atoms with van der Waals surface area (Å²) >= 11 is 0. The summed E-state index contributed by atoms with van der Waals surface area (Å²) in [5.74, 6) is 0.117. The number of benzene rings is 2. The molecule has 2 aromatic rings. The van der Waals surface area contributed by atoms with Gasteiger partial charge in [0.15, 0.2) is 5.75 Å². The second kappa shape index (κ2) is 11.9. The summed E-state index contributed by atoms with van der Waals surface area (Å²) in [5, 5.41) is 14.5. The molecule has 12 heteroatoms. The van der Waals surface area contributed by atoms with E-state index in [1.165, 1.54) is 25.3 Å². The number of rotatable bonds is 8. The lowest BCUT2D eigenvalue weighted by Gasteiger charge is -2.36. The second-order valence-electron chi connectivity index (χ2n) is 9.49. The molecule has 206 valence electrons. The standard InChI is InChI=1S/C26H31F3N4O5/c1-37-24-16-20(6-11-23(24)33(35)36)30-19-4-9-22(10-5-19)38-17-25(34)32-14-12-31(13-15-32)21-7-2-18(3-8-21)26(27,28)29/h2-3,6-8,11,16,19,22,30H,4-5,9-10,12-15,17H2,1H3. The number of nitro groups is 1. The van der Waals surface area contributed by atoms with Crippen molar-refractivity contribution in [1.82, 2.24) is 4.90 Å². The summed E-state index contributed by atoms with van der Waals surface area (Å²) in [7, 11) is 1.40. The predicted octanol–water partition coefficient (Wildman–Crippen LogP) is 4.71. The first kappa shape index (κ1) is 27.5. The van der Waals surface area contributed by atoms with Gasteiger partial charge in [-0.15, -0.1) is 0 Å². The number of carbonyl (C=O) groups excluding carboxylic acids is 1. The van der Waals surface area contributed by atoms with Crippen LogP contribution in [0.2, 0.25) is 0 Å². The molecule has 0 unspecified atom stereocenters. The molecule has 1 aliphatic heterocycles. The first-order valence-corrected chi connectivity index (χ1v) is 12.5. The molecule has 1 saturated carbocycles. The van der Waals surface area contributed by atoms with Gasteiger partial charge in [-0.05, 0) is 56.0 Å². The van der Waals surface area contributed by atoms with Crippen LogP contribution in [-0.2, 0) is 15.7 Å². The van der Waals surface area contributed by atoms with Crippen molar-refractivity contribution in [2.75, 3.05) is 50.1 Å². The summed E-state index contributed by atoms with van der Waals surface area (Å²) in [4.78, 5) is 27.0. The van der Waals surface area contributed by atoms with E-state index < -0.39 is 16.7 Å². The molecule has 1 heterocycles. The van der Waals surface area contributed by atoms with Crippen LogP contribution in [0.4, 0.5) is 30.2 Å². The Kier molecular flexibility index (Phi) is 8.60. The number of amides is 1. The van der Waals surface area contributed by atoms with Gasteiger partial charge in [0.05, 0.1) is 23.7 Å². The number of nitrogens with one attached hydrogen (secondary N) is 1. The number of hydrogen-bond donors (Lipinski definition) is 1. The van der Waals surface area contributed by atoms with Gasteiger partial charge in [-0.3, -0.25) is 14.9 Å². The zero-order valence-electron chi connectivity index (χ0n) is 21.1. The molecule has 2 aromatic carbocycles. The smallest absolute Gasteiger partial charge is 0.416 e. The van der Waals surface area contributed by atoms with Crippen LogP contribution in [0.3, 0.4) is 0 Å². The molecule has 0 radical (unpaired) electrons. The van der Waals surface area contributed by atoms with Gasteiger partial charge >= 0.3 is 11.9 Å². The fourth-order valence-corrected chi connectivity index (χ4v) is 4.88. The van der Waals surface area contributed by atoms with E-state index in [1.807, 2.05) is 4.90 Å². The molecule has 0 aromatic heterocycles. The summed E-state index contributed by atoms with van der Waals surface area (Å²) in [6, 6.07) is 9.98. The third-order valence-corrected chi connectivity index (χ3v) is 7.06. The Morgan fingerprint density at radius 2 is 1.71 bits per heavy atom. The van der Waals surface area contributed by atoms with E-state index in [-0.39, 0.29) is 36.1 Å². The second-order valence-corrected chi connectivity index (χ2v) is 9.49. The van der Waals surface area contributed by atoms with E-state index in [1.54, 1.807) is 17.0 Å². The Morgan fingerprint density at radius 3 is 2.29 bits per heavy atom. The zero-order valence-corrected chi connectivity index (χ0v) is 21.1. The van der Waals surface area contributed by atoms with Gasteiger partial charge in [-0.1, -0.05) is 0 Å². The van der Waals surface area contributed by atoms with E-state index in [9.17, 15) is 28.1 Å². The lowest BCUT2D eigenvalue weighted by molar-refractivity contribution is -0.385. The average Bonchev–Trinajstić information content (AvgIpc) is 2.92. The van der Waals surface area contributed by atoms with Crippen LogP contribution in [0.15, 0.2) is 42.5 Å². The number of nitrogens with zero attached hydrogens (tertiary/aromatic N) is 3. The molecule has 0 bridgehead atoms. The van der Waals surface area contributed by atoms with Crippen molar-refractivity contribution in [2.24, 2.45) is 0 Å². The molecule has 1 aliphatic carbocycles. The summed E-state index contributed by atoms with van der Waals surface area (Å²) in [6.45, 7) is 2.06. The van der Waals surface area contributed by atoms with Crippen LogP contribution in [-0.4, -0.2) is 67.8 Å². The van der Waals surface area contributed by atoms with Gasteiger partial charge in [0, 0.05) is 55.7 Å². The molecule has 2 fully saturated rings. The third kappa shape index (κ3) is 6.85. The Morgan fingerprint density at radius 1 is 1.05 bits per heavy atom. The largest absolute Gasteiger partial charge is 0.490 e. The number of halogens is 3. The van der Waals surface area contributed by atoms with E-state index in [0.717, 1.165) is 43.5 Å². The SMILES string of the molecule is COc1cc(NC2CCC(OCC(=O)N3CCN(c4ccc(C(F)(F)F)cc4)CC3)CC2)ccc1[N+](=O)[O-]. The number of nitro benzene ring substituents is 1. The van der Waals surface area contributed by atoms with Crippen molar-refractivity contribution in [3.63, 3.8) is 0 Å². The maximum atomic E-state index is 12.8. The molecule has 4 rings (SSSR count). The minimum absolute atomic E-state index is 0.00257. The van der Waals surface area contributed by atoms with Gasteiger partial charge < -0.3 is 24.6 Å². The number of alkyl halides is 3. The van der Waals surface area contributed by atoms with Crippen LogP contribution in [0, 0.1) is 10.1 Å². The highest BCUT2D eigenvalue weighted by atomic mass is 19.4. The number of methoxy groups -OCH3 is 1. The summed E-state index contributed by atoms with van der Waals surface area (Å²) in [5.41, 5.74) is 0.700. The van der Waals surface area contributed by atoms with Crippen molar-refractivity contribution in [1.29, 1.82) is 0 Å². The summed E-state index contributed by atoms with van der Waals surface area (Å²) < 4.78 is 49.4. The van der Waals surface area contributed by atoms with Crippen LogP contribution in [0.25, 0.3) is 0 Å². The first-order valence-electron chi connectivity index (χ1n) is 12.5. The first-order chi connectivity index (χ1) is 18.1. The number of piperazine rings is 1. The van der Waals surface area contributed by atoms with Crippen molar-refractivity contribution < 1.29 is 32.4 Å². The monoisotopic (exact) mass is 536 g/mol. The lowest BCUT2D eigenvalue weighted by atomic mass is 9.92. The molecule has 1 saturated heterocycles. The number of anilines is 2. The van der Waals surface area contributed by atoms with Crippen molar-refractivity contribution in [2.45, 2.75) is 44.0 Å². The van der Waals surface area contributed by atoms with E-state index in [4.69, 9.17) is 9.47 Å². The predicted molar refractivity (Wildman–Crippen MR) is 136 cm³/mol. The van der Waals surface area contributed by atoms with Crippen molar-refractivity contribution >= 4 is 23.0 Å². The van der Waals surface area contributed by atoms with Crippen molar-refractivity contribution in [3.05, 3.63) is 58.1 Å². The Labute approximate surface area is 218 Å². The van der Waals surface area contributed by atoms with Crippen LogP contribution in [0.5, 0.6) is 5.75 Å². The molecule has 1 amide bonds. The molecule has 9 nitrogen and oxygen atoms in total. The average molecular weight is 537 g/mol. The van der Waals surface area contributed by atoms with Gasteiger partial charge in [0.1, 0.15) is 6.61 Å². The number of ether oxygens (including phenoxy) is 2. The van der Waals surface area contributed by atoms with Gasteiger partial charge in [-0.25, -0.2) is 0 Å². The van der Waals surface area contributed by atoms with Crippen LogP contribution < -0.4 is 15.0 Å². The minimum Gasteiger partial charge on any atom is -0.490 e. The Hall–Kier alpha value is -3.54. The lowest BCUT2D eigenvalue weighted by Crippen LogP contribution is -2.50. The Balaban J connectivity index is 1.17. The fourth-order valence-electron chi connectivity index (χ4n) is 4.88. The van der Waals surface area contributed by atoms with E-state index in [2.05, 4.69) is 5.32 Å². The molecular formula is C26H31F3N4O5. The third-order valence-electron chi connectivity index (χ3n) is 7.06. The van der Waals surface area contributed by atoms with Crippen LogP contribution >= 0.6 is 0 Å². The normalized spacial score (nSPS) is 20.2. The molecule has 2 aliphatic rings. The maximum absolute atomic E-state index is 12.8. The van der Waals surface area contributed by atoms with E-state index >= 15 is 0 Å². The van der Waals surface area contributed by atoms with Crippen molar-refractivity contribution in [3.8, 4) is 5.75 Å². The van der Waals surface area contributed by atoms with E-state index in [0.29, 0.717) is 31.9 Å². The Bertz CT molecular complexity index is 1110. The fraction of sp³-hybridized carbons (Fsp3) is 0.500. The van der Waals surface area contributed by atoms with Gasteiger partial charge in [0.2, 0.25) is 5.91 Å². The highest BCUT2D eigenvalue weighted by molar-refractivity contribution is 5.77. The number of hydrogen-bond acceptors (Lipinski definition) is 7. The zero-order chi connectivity index (χ0) is 27.3. The minimum atomic E-state index is -4.36. The quantitative estimate of drug-likeness (QED) is 0.386. The topological polar surface area (TPSA) is 97.2 Å². The molecule has 0 atom stereocenters. The van der Waals surface area contributed by atoms with Crippen LogP contribution in [0.1, 0.15) is 31.2 Å². The molecule has 38 heavy (non-hydrogen) atoms. The maximum Gasteiger partial charge on any atom is 0.416 e. The molecule has 0 spiro atoms. The molecular weight excluding hydrogens is 505 g/mol. The van der Waals surface area contributed by atoms with Gasteiger partial charge in [0.25, 0.3) is 0 Å². The number of carbonyl (C=O) groups is 1. The highest BCUT2D eigenvalue weighted by Crippen LogP contribution is 2.32. The van der Waals surface area contributed by atoms with Gasteiger partial charge in [-0.2, -0.15) is 13.2 Å². The molecule has 1 N–H and O–H groups in total. The summed E-state index contributed by atoms with van der Waals surface area (Å²) in [6.07, 6.45) is -1.13.